The number of hydrogen-bond acceptors (Lipinski definition) is 2. The van der Waals surface area contributed by atoms with Gasteiger partial charge in [-0.1, -0.05) is 5.92 Å². The van der Waals surface area contributed by atoms with Gasteiger partial charge in [-0.15, -0.1) is 0 Å². The van der Waals surface area contributed by atoms with Crippen LogP contribution in [0.5, 0.6) is 0 Å². The van der Waals surface area contributed by atoms with Crippen molar-refractivity contribution < 1.29 is 4.79 Å². The van der Waals surface area contributed by atoms with Crippen LogP contribution in [0.4, 0.5) is 0 Å². The first-order valence-corrected chi connectivity index (χ1v) is 4.40. The summed E-state index contributed by atoms with van der Waals surface area (Å²) >= 11 is 0. The van der Waals surface area contributed by atoms with Crippen molar-refractivity contribution in [2.45, 2.75) is 13.3 Å². The van der Waals surface area contributed by atoms with Crippen LogP contribution in [-0.2, 0) is 11.8 Å². The number of hydrogen-bond donors (Lipinski definition) is 1. The lowest BCUT2D eigenvalue weighted by Crippen LogP contribution is -2.20. The van der Waals surface area contributed by atoms with Gasteiger partial charge in [-0.3, -0.25) is 4.79 Å². The molecule has 0 aliphatic heterocycles. The summed E-state index contributed by atoms with van der Waals surface area (Å²) in [5, 5.41) is 2.68. The summed E-state index contributed by atoms with van der Waals surface area (Å²) < 4.78 is 1.85. The van der Waals surface area contributed by atoms with Gasteiger partial charge < -0.3 is 9.88 Å². The minimum absolute atomic E-state index is 0.0210. The molecule has 0 aliphatic rings. The zero-order chi connectivity index (χ0) is 10.4. The van der Waals surface area contributed by atoms with Gasteiger partial charge >= 0.3 is 0 Å². The van der Waals surface area contributed by atoms with Crippen LogP contribution >= 0.6 is 0 Å². The van der Waals surface area contributed by atoms with E-state index in [1.165, 1.54) is 6.92 Å². The third-order valence-corrected chi connectivity index (χ3v) is 1.66. The SMILES string of the molecule is CC(=O)NCCC#Cc1cncn1C. The Labute approximate surface area is 83.3 Å². The van der Waals surface area contributed by atoms with Gasteiger partial charge in [0.1, 0.15) is 5.69 Å². The highest BCUT2D eigenvalue weighted by Gasteiger charge is 1.90. The molecule has 1 heterocycles. The molecule has 14 heavy (non-hydrogen) atoms. The molecular weight excluding hydrogens is 178 g/mol. The Morgan fingerprint density at radius 1 is 1.71 bits per heavy atom. The lowest BCUT2D eigenvalue weighted by Gasteiger charge is -1.94. The molecule has 1 aromatic rings. The average Bonchev–Trinajstić information content (AvgIpc) is 2.51. The minimum atomic E-state index is -0.0210. The highest BCUT2D eigenvalue weighted by Crippen LogP contribution is 1.91. The van der Waals surface area contributed by atoms with Crippen molar-refractivity contribution in [2.24, 2.45) is 7.05 Å². The first-order valence-electron chi connectivity index (χ1n) is 4.40. The fraction of sp³-hybridized carbons (Fsp3) is 0.400. The molecule has 0 saturated heterocycles. The zero-order valence-electron chi connectivity index (χ0n) is 8.37. The number of carbonyl (C=O) groups is 1. The van der Waals surface area contributed by atoms with Gasteiger partial charge in [0.05, 0.1) is 12.5 Å². The van der Waals surface area contributed by atoms with E-state index in [9.17, 15) is 4.79 Å². The number of imidazole rings is 1. The summed E-state index contributed by atoms with van der Waals surface area (Å²) in [6.07, 6.45) is 4.08. The second-order valence-corrected chi connectivity index (χ2v) is 2.92. The fourth-order valence-electron chi connectivity index (χ4n) is 0.932. The Hall–Kier alpha value is -1.76. The molecule has 0 aromatic carbocycles. The quantitative estimate of drug-likeness (QED) is 0.540. The molecule has 4 nitrogen and oxygen atoms in total. The molecule has 0 fully saturated rings. The van der Waals surface area contributed by atoms with E-state index in [1.54, 1.807) is 12.5 Å². The van der Waals surface area contributed by atoms with E-state index >= 15 is 0 Å². The summed E-state index contributed by atoms with van der Waals surface area (Å²) in [6.45, 7) is 2.09. The largest absolute Gasteiger partial charge is 0.355 e. The molecule has 4 heteroatoms. The first kappa shape index (κ1) is 10.3. The van der Waals surface area contributed by atoms with E-state index in [0.717, 1.165) is 5.69 Å². The van der Waals surface area contributed by atoms with Crippen LogP contribution in [0.25, 0.3) is 0 Å². The van der Waals surface area contributed by atoms with Crippen LogP contribution in [0.15, 0.2) is 12.5 Å². The van der Waals surface area contributed by atoms with Crippen LogP contribution in [0.1, 0.15) is 19.0 Å². The Bertz CT molecular complexity index is 370. The summed E-state index contributed by atoms with van der Waals surface area (Å²) in [7, 11) is 1.89. The molecule has 74 valence electrons. The highest BCUT2D eigenvalue weighted by atomic mass is 16.1. The molecule has 0 saturated carbocycles. The molecule has 1 rings (SSSR count). The zero-order valence-corrected chi connectivity index (χ0v) is 8.37. The molecule has 0 aliphatic carbocycles. The van der Waals surface area contributed by atoms with E-state index in [1.807, 2.05) is 11.6 Å². The number of amides is 1. The van der Waals surface area contributed by atoms with Crippen molar-refractivity contribution >= 4 is 5.91 Å². The number of nitrogens with zero attached hydrogens (tertiary/aromatic N) is 2. The Kier molecular flexibility index (Phi) is 3.74. The van der Waals surface area contributed by atoms with Crippen LogP contribution in [0, 0.1) is 11.8 Å². The van der Waals surface area contributed by atoms with Gasteiger partial charge in [-0.25, -0.2) is 4.98 Å². The van der Waals surface area contributed by atoms with Crippen LogP contribution in [0.3, 0.4) is 0 Å². The van der Waals surface area contributed by atoms with Crippen molar-refractivity contribution in [3.63, 3.8) is 0 Å². The van der Waals surface area contributed by atoms with Crippen molar-refractivity contribution in [3.8, 4) is 11.8 Å². The number of nitrogens with one attached hydrogen (secondary N) is 1. The van der Waals surface area contributed by atoms with Crippen LogP contribution in [-0.4, -0.2) is 22.0 Å². The van der Waals surface area contributed by atoms with Crippen LogP contribution in [0.2, 0.25) is 0 Å². The van der Waals surface area contributed by atoms with E-state index in [2.05, 4.69) is 22.1 Å². The first-order chi connectivity index (χ1) is 6.70. The fourth-order valence-corrected chi connectivity index (χ4v) is 0.932. The third kappa shape index (κ3) is 3.31. The smallest absolute Gasteiger partial charge is 0.216 e. The summed E-state index contributed by atoms with van der Waals surface area (Å²) in [4.78, 5) is 14.5. The standard InChI is InChI=1S/C10H13N3O/c1-9(14)12-6-4-3-5-10-7-11-8-13(10)2/h7-8H,4,6H2,1-2H3,(H,12,14). The third-order valence-electron chi connectivity index (χ3n) is 1.66. The number of rotatable bonds is 2. The summed E-state index contributed by atoms with van der Waals surface area (Å²) in [5.41, 5.74) is 0.882. The maximum absolute atomic E-state index is 10.5. The minimum Gasteiger partial charge on any atom is -0.355 e. The molecule has 0 spiro atoms. The molecule has 1 aromatic heterocycles. The second-order valence-electron chi connectivity index (χ2n) is 2.92. The number of carbonyl (C=O) groups excluding carboxylic acids is 1. The van der Waals surface area contributed by atoms with E-state index in [0.29, 0.717) is 13.0 Å². The predicted octanol–water partition coefficient (Wildman–Crippen LogP) is 0.298. The molecule has 0 bridgehead atoms. The molecule has 0 atom stereocenters. The van der Waals surface area contributed by atoms with Gasteiger partial charge in [0.15, 0.2) is 0 Å². The maximum atomic E-state index is 10.5. The Balaban J connectivity index is 2.34. The van der Waals surface area contributed by atoms with Gasteiger partial charge in [0.25, 0.3) is 0 Å². The Morgan fingerprint density at radius 3 is 3.07 bits per heavy atom. The molecule has 0 radical (unpaired) electrons. The highest BCUT2D eigenvalue weighted by molar-refractivity contribution is 5.72. The monoisotopic (exact) mass is 191 g/mol. The predicted molar refractivity (Wildman–Crippen MR) is 53.4 cm³/mol. The summed E-state index contributed by atoms with van der Waals surface area (Å²) in [6, 6.07) is 0. The van der Waals surface area contributed by atoms with Gasteiger partial charge in [0.2, 0.25) is 5.91 Å². The van der Waals surface area contributed by atoms with Gasteiger partial charge in [-0.05, 0) is 5.92 Å². The second kappa shape index (κ2) is 5.07. The van der Waals surface area contributed by atoms with E-state index in [4.69, 9.17) is 0 Å². The molecule has 0 unspecified atom stereocenters. The van der Waals surface area contributed by atoms with Gasteiger partial charge in [-0.2, -0.15) is 0 Å². The van der Waals surface area contributed by atoms with E-state index in [-0.39, 0.29) is 5.91 Å². The Morgan fingerprint density at radius 2 is 2.50 bits per heavy atom. The van der Waals surface area contributed by atoms with Crippen LogP contribution < -0.4 is 5.32 Å². The summed E-state index contributed by atoms with van der Waals surface area (Å²) in [5.74, 6) is 5.90. The number of aryl methyl sites for hydroxylation is 1. The van der Waals surface area contributed by atoms with Crippen molar-refractivity contribution in [2.75, 3.05) is 6.54 Å². The molecular formula is C10H13N3O. The van der Waals surface area contributed by atoms with Gasteiger partial charge in [0, 0.05) is 26.9 Å². The molecule has 1 N–H and O–H groups in total. The maximum Gasteiger partial charge on any atom is 0.216 e. The average molecular weight is 191 g/mol. The lowest BCUT2D eigenvalue weighted by atomic mass is 10.4. The lowest BCUT2D eigenvalue weighted by molar-refractivity contribution is -0.118. The number of aromatic nitrogens is 2. The van der Waals surface area contributed by atoms with Crippen molar-refractivity contribution in [1.29, 1.82) is 0 Å². The topological polar surface area (TPSA) is 46.9 Å². The molecule has 1 amide bonds. The van der Waals surface area contributed by atoms with E-state index < -0.39 is 0 Å². The van der Waals surface area contributed by atoms with Crippen molar-refractivity contribution in [1.82, 2.24) is 14.9 Å². The van der Waals surface area contributed by atoms with Crippen molar-refractivity contribution in [3.05, 3.63) is 18.2 Å². The normalized spacial score (nSPS) is 9.00.